The van der Waals surface area contributed by atoms with Crippen LogP contribution in [-0.2, 0) is 19.9 Å². The highest BCUT2D eigenvalue weighted by molar-refractivity contribution is 5.24. The average Bonchev–Trinajstić information content (AvgIpc) is 3.05. The quantitative estimate of drug-likeness (QED) is 0.719. The lowest BCUT2D eigenvalue weighted by atomic mass is 10.2. The molecular formula is C14H16N6. The van der Waals surface area contributed by atoms with Crippen molar-refractivity contribution in [3.05, 3.63) is 54.0 Å². The van der Waals surface area contributed by atoms with Gasteiger partial charge in [0.05, 0.1) is 6.20 Å². The Kier molecular flexibility index (Phi) is 3.28. The summed E-state index contributed by atoms with van der Waals surface area (Å²) < 4.78 is 3.60. The fourth-order valence-corrected chi connectivity index (χ4v) is 2.13. The van der Waals surface area contributed by atoms with Gasteiger partial charge in [-0.25, -0.2) is 9.97 Å². The van der Waals surface area contributed by atoms with Crippen LogP contribution in [0.5, 0.6) is 0 Å². The van der Waals surface area contributed by atoms with E-state index in [-0.39, 0.29) is 0 Å². The minimum Gasteiger partial charge on any atom is -0.276 e. The molecule has 3 aromatic heterocycles. The van der Waals surface area contributed by atoms with Gasteiger partial charge in [-0.2, -0.15) is 14.9 Å². The lowest BCUT2D eigenvalue weighted by Crippen LogP contribution is -2.06. The Morgan fingerprint density at radius 3 is 2.80 bits per heavy atom. The standard InChI is InChI=1S/C14H16N6/c1-11-4-3-5-14(18-11)20-13(15-10-17-20)7-6-12-8-16-19(2)9-12/h3-5,8-10H,6-7H2,1-2H3. The first-order valence-electron chi connectivity index (χ1n) is 6.53. The van der Waals surface area contributed by atoms with Crippen LogP contribution in [0.1, 0.15) is 17.1 Å². The van der Waals surface area contributed by atoms with Crippen LogP contribution < -0.4 is 0 Å². The van der Waals surface area contributed by atoms with Crippen molar-refractivity contribution in [3.8, 4) is 5.82 Å². The summed E-state index contributed by atoms with van der Waals surface area (Å²) in [6.45, 7) is 1.97. The molecule has 0 spiro atoms. The summed E-state index contributed by atoms with van der Waals surface area (Å²) in [7, 11) is 1.92. The fraction of sp³-hybridized carbons (Fsp3) is 0.286. The molecule has 0 amide bonds. The molecule has 0 atom stereocenters. The number of aryl methyl sites for hydroxylation is 4. The zero-order chi connectivity index (χ0) is 13.9. The van der Waals surface area contributed by atoms with E-state index in [2.05, 4.69) is 20.2 Å². The van der Waals surface area contributed by atoms with Gasteiger partial charge in [-0.05, 0) is 31.0 Å². The van der Waals surface area contributed by atoms with Gasteiger partial charge in [-0.3, -0.25) is 4.68 Å². The van der Waals surface area contributed by atoms with E-state index in [4.69, 9.17) is 0 Å². The van der Waals surface area contributed by atoms with Gasteiger partial charge in [0, 0.05) is 25.4 Å². The summed E-state index contributed by atoms with van der Waals surface area (Å²) in [6, 6.07) is 5.88. The molecule has 0 N–H and O–H groups in total. The first kappa shape index (κ1) is 12.5. The molecule has 0 radical (unpaired) electrons. The van der Waals surface area contributed by atoms with Crippen LogP contribution in [0.3, 0.4) is 0 Å². The second-order valence-corrected chi connectivity index (χ2v) is 4.75. The molecule has 6 heteroatoms. The van der Waals surface area contributed by atoms with Gasteiger partial charge in [0.25, 0.3) is 0 Å². The molecular weight excluding hydrogens is 252 g/mol. The lowest BCUT2D eigenvalue weighted by molar-refractivity contribution is 0.747. The molecule has 102 valence electrons. The van der Waals surface area contributed by atoms with Gasteiger partial charge in [0.1, 0.15) is 12.2 Å². The summed E-state index contributed by atoms with van der Waals surface area (Å²) in [5, 5.41) is 8.44. The number of nitrogens with zero attached hydrogens (tertiary/aromatic N) is 6. The molecule has 6 nitrogen and oxygen atoms in total. The fourth-order valence-electron chi connectivity index (χ4n) is 2.13. The number of pyridine rings is 1. The minimum absolute atomic E-state index is 0.807. The molecule has 3 heterocycles. The molecule has 0 fully saturated rings. The van der Waals surface area contributed by atoms with Crippen molar-refractivity contribution in [2.75, 3.05) is 0 Å². The summed E-state index contributed by atoms with van der Waals surface area (Å²) in [4.78, 5) is 8.81. The Bertz CT molecular complexity index is 712. The summed E-state index contributed by atoms with van der Waals surface area (Å²) in [6.07, 6.45) is 7.17. The van der Waals surface area contributed by atoms with Crippen LogP contribution in [0.4, 0.5) is 0 Å². The Labute approximate surface area is 117 Å². The van der Waals surface area contributed by atoms with Crippen LogP contribution >= 0.6 is 0 Å². The molecule has 0 aliphatic carbocycles. The molecule has 3 rings (SSSR count). The predicted molar refractivity (Wildman–Crippen MR) is 74.5 cm³/mol. The van der Waals surface area contributed by atoms with Crippen molar-refractivity contribution in [2.45, 2.75) is 19.8 Å². The van der Waals surface area contributed by atoms with Crippen LogP contribution in [0.15, 0.2) is 36.9 Å². The van der Waals surface area contributed by atoms with Crippen LogP contribution in [0.25, 0.3) is 5.82 Å². The molecule has 0 bridgehead atoms. The van der Waals surface area contributed by atoms with E-state index in [9.17, 15) is 0 Å². The van der Waals surface area contributed by atoms with Gasteiger partial charge >= 0.3 is 0 Å². The van der Waals surface area contributed by atoms with Crippen LogP contribution in [0.2, 0.25) is 0 Å². The molecule has 0 saturated carbocycles. The van der Waals surface area contributed by atoms with Gasteiger partial charge < -0.3 is 0 Å². The Balaban J connectivity index is 1.80. The second-order valence-electron chi connectivity index (χ2n) is 4.75. The average molecular weight is 268 g/mol. The first-order chi connectivity index (χ1) is 9.72. The third-order valence-electron chi connectivity index (χ3n) is 3.10. The highest BCUT2D eigenvalue weighted by Crippen LogP contribution is 2.09. The van der Waals surface area contributed by atoms with Crippen molar-refractivity contribution in [3.63, 3.8) is 0 Å². The second kappa shape index (κ2) is 5.24. The van der Waals surface area contributed by atoms with Crippen molar-refractivity contribution in [2.24, 2.45) is 7.05 Å². The zero-order valence-corrected chi connectivity index (χ0v) is 11.6. The Morgan fingerprint density at radius 2 is 2.05 bits per heavy atom. The van der Waals surface area contributed by atoms with Gasteiger partial charge in [0.15, 0.2) is 5.82 Å². The van der Waals surface area contributed by atoms with E-state index in [0.29, 0.717) is 0 Å². The smallest absolute Gasteiger partial charge is 0.155 e. The van der Waals surface area contributed by atoms with Gasteiger partial charge in [-0.15, -0.1) is 0 Å². The summed E-state index contributed by atoms with van der Waals surface area (Å²) >= 11 is 0. The maximum Gasteiger partial charge on any atom is 0.155 e. The SMILES string of the molecule is Cc1cccc(-n2ncnc2CCc2cnn(C)c2)n1. The van der Waals surface area contributed by atoms with Crippen molar-refractivity contribution >= 4 is 0 Å². The van der Waals surface area contributed by atoms with E-state index >= 15 is 0 Å². The molecule has 0 aromatic carbocycles. The maximum atomic E-state index is 4.48. The molecule has 3 aromatic rings. The minimum atomic E-state index is 0.807. The number of hydrogen-bond acceptors (Lipinski definition) is 4. The number of hydrogen-bond donors (Lipinski definition) is 0. The normalized spacial score (nSPS) is 10.9. The van der Waals surface area contributed by atoms with Gasteiger partial charge in [0.2, 0.25) is 0 Å². The zero-order valence-electron chi connectivity index (χ0n) is 11.6. The molecule has 0 unspecified atom stereocenters. The van der Waals surface area contributed by atoms with E-state index in [1.54, 1.807) is 11.0 Å². The monoisotopic (exact) mass is 268 g/mol. The summed E-state index contributed by atoms with van der Waals surface area (Å²) in [5.41, 5.74) is 2.16. The van der Waals surface area contributed by atoms with Gasteiger partial charge in [-0.1, -0.05) is 6.07 Å². The molecule has 0 aliphatic heterocycles. The Morgan fingerprint density at radius 1 is 1.15 bits per heavy atom. The van der Waals surface area contributed by atoms with Crippen molar-refractivity contribution in [1.29, 1.82) is 0 Å². The maximum absolute atomic E-state index is 4.48. The van der Waals surface area contributed by atoms with E-state index < -0.39 is 0 Å². The largest absolute Gasteiger partial charge is 0.276 e. The predicted octanol–water partition coefficient (Wildman–Crippen LogP) is 1.49. The van der Waals surface area contributed by atoms with Crippen molar-refractivity contribution < 1.29 is 0 Å². The lowest BCUT2D eigenvalue weighted by Gasteiger charge is -2.05. The number of aromatic nitrogens is 6. The molecule has 0 saturated heterocycles. The number of rotatable bonds is 4. The third kappa shape index (κ3) is 2.59. The highest BCUT2D eigenvalue weighted by atomic mass is 15.4. The molecule has 20 heavy (non-hydrogen) atoms. The third-order valence-corrected chi connectivity index (χ3v) is 3.10. The van der Waals surface area contributed by atoms with Crippen LogP contribution in [-0.4, -0.2) is 29.5 Å². The highest BCUT2D eigenvalue weighted by Gasteiger charge is 2.08. The Hall–Kier alpha value is -2.50. The van der Waals surface area contributed by atoms with Crippen molar-refractivity contribution in [1.82, 2.24) is 29.5 Å². The topological polar surface area (TPSA) is 61.4 Å². The van der Waals surface area contributed by atoms with Crippen LogP contribution in [0, 0.1) is 6.92 Å². The molecule has 0 aliphatic rings. The van der Waals surface area contributed by atoms with E-state index in [1.807, 2.05) is 49.2 Å². The summed E-state index contributed by atoms with van der Waals surface area (Å²) in [5.74, 6) is 1.72. The first-order valence-corrected chi connectivity index (χ1v) is 6.53. The van der Waals surface area contributed by atoms with E-state index in [0.717, 1.165) is 30.2 Å². The van der Waals surface area contributed by atoms with E-state index in [1.165, 1.54) is 5.56 Å².